The van der Waals surface area contributed by atoms with Crippen LogP contribution in [-0.2, 0) is 4.79 Å². The minimum Gasteiger partial charge on any atom is -0.267 e. The Bertz CT molecular complexity index is 776. The summed E-state index contributed by atoms with van der Waals surface area (Å²) in [5, 5.41) is 6.32. The van der Waals surface area contributed by atoms with E-state index in [9.17, 15) is 4.79 Å². The zero-order valence-corrected chi connectivity index (χ0v) is 13.2. The van der Waals surface area contributed by atoms with Crippen LogP contribution in [0.3, 0.4) is 0 Å². The maximum absolute atomic E-state index is 12.5. The molecule has 1 aromatic heterocycles. The molecule has 3 rings (SSSR count). The van der Waals surface area contributed by atoms with Crippen LogP contribution in [0.2, 0.25) is 5.02 Å². The Hall–Kier alpha value is -1.91. The van der Waals surface area contributed by atoms with Gasteiger partial charge in [0.1, 0.15) is 0 Å². The van der Waals surface area contributed by atoms with E-state index >= 15 is 0 Å². The summed E-state index contributed by atoms with van der Waals surface area (Å²) in [4.78, 5) is 14.8. The second-order valence-electron chi connectivity index (χ2n) is 4.79. The minimum absolute atomic E-state index is 0.124. The van der Waals surface area contributed by atoms with E-state index in [1.54, 1.807) is 29.5 Å². The molecule has 0 radical (unpaired) electrons. The Labute approximate surface area is 132 Å². The molecule has 1 aliphatic rings. The number of hydrogen-bond acceptors (Lipinski definition) is 3. The van der Waals surface area contributed by atoms with Crippen molar-refractivity contribution in [2.24, 2.45) is 5.10 Å². The molecule has 0 saturated carbocycles. The highest BCUT2D eigenvalue weighted by atomic mass is 35.5. The molecule has 3 nitrogen and oxygen atoms in total. The smallest absolute Gasteiger partial charge is 0.267 e. The van der Waals surface area contributed by atoms with Gasteiger partial charge in [0.15, 0.2) is 0 Å². The van der Waals surface area contributed by atoms with E-state index in [4.69, 9.17) is 11.6 Å². The van der Waals surface area contributed by atoms with E-state index in [2.05, 4.69) is 5.10 Å². The number of hydrogen-bond donors (Lipinski definition) is 0. The third-order valence-electron chi connectivity index (χ3n) is 3.16. The average molecular weight is 317 g/mol. The summed E-state index contributed by atoms with van der Waals surface area (Å²) < 4.78 is 0. The number of rotatable bonds is 2. The van der Waals surface area contributed by atoms with Crippen molar-refractivity contribution >= 4 is 46.3 Å². The van der Waals surface area contributed by atoms with Crippen molar-refractivity contribution < 1.29 is 4.79 Å². The highest BCUT2D eigenvalue weighted by Crippen LogP contribution is 2.28. The maximum atomic E-state index is 12.5. The first-order chi connectivity index (χ1) is 10.0. The van der Waals surface area contributed by atoms with Gasteiger partial charge >= 0.3 is 0 Å². The number of carbonyl (C=O) groups is 1. The van der Waals surface area contributed by atoms with E-state index in [0.717, 1.165) is 4.88 Å². The second-order valence-corrected chi connectivity index (χ2v) is 6.54. The Balaban J connectivity index is 1.96. The summed E-state index contributed by atoms with van der Waals surface area (Å²) in [6.45, 7) is 3.89. The highest BCUT2D eigenvalue weighted by Gasteiger charge is 2.28. The van der Waals surface area contributed by atoms with Gasteiger partial charge in [-0.3, -0.25) is 4.79 Å². The topological polar surface area (TPSA) is 32.7 Å². The van der Waals surface area contributed by atoms with Crippen molar-refractivity contribution in [2.75, 3.05) is 5.01 Å². The van der Waals surface area contributed by atoms with E-state index in [0.29, 0.717) is 22.0 Å². The molecule has 1 aliphatic heterocycles. The fourth-order valence-electron chi connectivity index (χ4n) is 2.14. The van der Waals surface area contributed by atoms with Crippen LogP contribution >= 0.6 is 22.9 Å². The summed E-state index contributed by atoms with van der Waals surface area (Å²) in [7, 11) is 0. The Morgan fingerprint density at radius 3 is 2.71 bits per heavy atom. The molecule has 1 amide bonds. The normalized spacial score (nSPS) is 16.7. The SMILES string of the molecule is CC1=NN(c2cccc(Cl)c2)C(=O)C1=Cc1ccc(C)s1. The predicted octanol–water partition coefficient (Wildman–Crippen LogP) is 4.52. The standard InChI is InChI=1S/C16H13ClN2OS/c1-10-6-7-14(21-10)9-15-11(2)18-19(16(15)20)13-5-3-4-12(17)8-13/h3-9H,1-2H3. The van der Waals surface area contributed by atoms with Crippen LogP contribution in [0.5, 0.6) is 0 Å². The Kier molecular flexibility index (Phi) is 3.66. The van der Waals surface area contributed by atoms with Crippen molar-refractivity contribution in [2.45, 2.75) is 13.8 Å². The van der Waals surface area contributed by atoms with Crippen molar-refractivity contribution in [3.8, 4) is 0 Å². The van der Waals surface area contributed by atoms with Crippen LogP contribution in [0.1, 0.15) is 16.7 Å². The van der Waals surface area contributed by atoms with Gasteiger partial charge in [-0.2, -0.15) is 10.1 Å². The van der Waals surface area contributed by atoms with Gasteiger partial charge in [0, 0.05) is 14.8 Å². The van der Waals surface area contributed by atoms with Gasteiger partial charge in [-0.05, 0) is 50.3 Å². The largest absolute Gasteiger partial charge is 0.280 e. The summed E-state index contributed by atoms with van der Waals surface area (Å²) in [6, 6.07) is 11.2. The van der Waals surface area contributed by atoms with Crippen molar-refractivity contribution in [3.05, 3.63) is 56.7 Å². The lowest BCUT2D eigenvalue weighted by Crippen LogP contribution is -2.21. The molecule has 0 spiro atoms. The highest BCUT2D eigenvalue weighted by molar-refractivity contribution is 7.12. The van der Waals surface area contributed by atoms with Crippen LogP contribution in [0.4, 0.5) is 5.69 Å². The van der Waals surface area contributed by atoms with E-state index < -0.39 is 0 Å². The number of aryl methyl sites for hydroxylation is 1. The Morgan fingerprint density at radius 1 is 1.24 bits per heavy atom. The Morgan fingerprint density at radius 2 is 2.05 bits per heavy atom. The number of halogens is 1. The summed E-state index contributed by atoms with van der Waals surface area (Å²) in [6.07, 6.45) is 1.89. The third kappa shape index (κ3) is 2.77. The van der Waals surface area contributed by atoms with Gasteiger partial charge in [0.25, 0.3) is 5.91 Å². The van der Waals surface area contributed by atoms with Gasteiger partial charge in [0.2, 0.25) is 0 Å². The summed E-state index contributed by atoms with van der Waals surface area (Å²) in [5.74, 6) is -0.124. The minimum atomic E-state index is -0.124. The van der Waals surface area contributed by atoms with E-state index in [-0.39, 0.29) is 5.91 Å². The molecule has 0 bridgehead atoms. The number of hydrazone groups is 1. The molecule has 0 atom stereocenters. The molecule has 0 N–H and O–H groups in total. The van der Waals surface area contributed by atoms with E-state index in [1.807, 2.05) is 38.1 Å². The molecule has 5 heteroatoms. The lowest BCUT2D eigenvalue weighted by atomic mass is 10.1. The van der Waals surface area contributed by atoms with Crippen molar-refractivity contribution in [3.63, 3.8) is 0 Å². The quantitative estimate of drug-likeness (QED) is 0.750. The van der Waals surface area contributed by atoms with Crippen molar-refractivity contribution in [1.29, 1.82) is 0 Å². The molecule has 106 valence electrons. The van der Waals surface area contributed by atoms with Gasteiger partial charge in [-0.15, -0.1) is 11.3 Å². The summed E-state index contributed by atoms with van der Waals surface area (Å²) in [5.41, 5.74) is 2.01. The number of nitrogens with zero attached hydrogens (tertiary/aromatic N) is 2. The molecule has 1 aromatic carbocycles. The fraction of sp³-hybridized carbons (Fsp3) is 0.125. The molecule has 0 fully saturated rings. The van der Waals surface area contributed by atoms with Crippen LogP contribution in [0.25, 0.3) is 6.08 Å². The van der Waals surface area contributed by atoms with Gasteiger partial charge < -0.3 is 0 Å². The lowest BCUT2D eigenvalue weighted by molar-refractivity contribution is -0.114. The summed E-state index contributed by atoms with van der Waals surface area (Å²) >= 11 is 7.63. The first-order valence-corrected chi connectivity index (χ1v) is 7.68. The van der Waals surface area contributed by atoms with Crippen LogP contribution in [0, 0.1) is 6.92 Å². The van der Waals surface area contributed by atoms with Gasteiger partial charge in [-0.1, -0.05) is 17.7 Å². The number of carbonyl (C=O) groups excluding carboxylic acids is 1. The molecule has 0 unspecified atom stereocenters. The zero-order chi connectivity index (χ0) is 15.0. The van der Waals surface area contributed by atoms with E-state index in [1.165, 1.54) is 9.89 Å². The number of benzene rings is 1. The molecular weight excluding hydrogens is 304 g/mol. The number of thiophene rings is 1. The van der Waals surface area contributed by atoms with Gasteiger partial charge in [-0.25, -0.2) is 0 Å². The monoisotopic (exact) mass is 316 g/mol. The molecule has 2 heterocycles. The predicted molar refractivity (Wildman–Crippen MR) is 89.1 cm³/mol. The first-order valence-electron chi connectivity index (χ1n) is 6.48. The molecular formula is C16H13ClN2OS. The molecule has 0 saturated heterocycles. The molecule has 0 aliphatic carbocycles. The average Bonchev–Trinajstić information content (AvgIpc) is 2.97. The van der Waals surface area contributed by atoms with Crippen molar-refractivity contribution in [1.82, 2.24) is 0 Å². The van der Waals surface area contributed by atoms with Crippen LogP contribution in [0.15, 0.2) is 47.1 Å². The molecule has 2 aromatic rings. The van der Waals surface area contributed by atoms with Crippen LogP contribution < -0.4 is 5.01 Å². The third-order valence-corrected chi connectivity index (χ3v) is 4.35. The first kappa shape index (κ1) is 14.0. The maximum Gasteiger partial charge on any atom is 0.280 e. The number of amides is 1. The van der Waals surface area contributed by atoms with Crippen LogP contribution in [-0.4, -0.2) is 11.6 Å². The molecule has 21 heavy (non-hydrogen) atoms. The fourth-order valence-corrected chi connectivity index (χ4v) is 3.15. The lowest BCUT2D eigenvalue weighted by Gasteiger charge is -2.11. The van der Waals surface area contributed by atoms with Gasteiger partial charge in [0.05, 0.1) is 17.0 Å². The second kappa shape index (κ2) is 5.47. The number of anilines is 1. The zero-order valence-electron chi connectivity index (χ0n) is 11.6.